The van der Waals surface area contributed by atoms with Crippen molar-refractivity contribution < 1.29 is 4.79 Å². The molecule has 0 N–H and O–H groups in total. The lowest BCUT2D eigenvalue weighted by Gasteiger charge is -2.03. The van der Waals surface area contributed by atoms with Gasteiger partial charge in [-0.3, -0.25) is 4.79 Å². The minimum Gasteiger partial charge on any atom is -0.369 e. The number of aliphatic imine (C=N–C) groups is 1. The lowest BCUT2D eigenvalue weighted by atomic mass is 10.2. The van der Waals surface area contributed by atoms with Crippen molar-refractivity contribution in [2.45, 2.75) is 0 Å². The Morgan fingerprint density at radius 2 is 2.07 bits per heavy atom. The van der Waals surface area contributed by atoms with Crippen LogP contribution in [0, 0.1) is 0 Å². The van der Waals surface area contributed by atoms with E-state index < -0.39 is 5.91 Å². The summed E-state index contributed by atoms with van der Waals surface area (Å²) in [6.45, 7) is 0. The van der Waals surface area contributed by atoms with Gasteiger partial charge in [-0.15, -0.1) is 0 Å². The highest BCUT2D eigenvalue weighted by molar-refractivity contribution is 6.43. The molecule has 0 radical (unpaired) electrons. The number of hydrogen-bond donors (Lipinski definition) is 0. The fraction of sp³-hybridized carbons (Fsp3) is 0.200. The second-order valence-electron chi connectivity index (χ2n) is 3.11. The molecule has 0 unspecified atom stereocenters. The first-order valence-corrected chi connectivity index (χ1v) is 4.97. The van der Waals surface area contributed by atoms with E-state index in [0.717, 1.165) is 0 Å². The molecule has 0 aliphatic heterocycles. The smallest absolute Gasteiger partial charge is 0.279 e. The number of nitrogens with zero attached hydrogens (tertiary/aromatic N) is 2. The van der Waals surface area contributed by atoms with Gasteiger partial charge < -0.3 is 4.90 Å². The quantitative estimate of drug-likeness (QED) is 0.592. The molecule has 1 aromatic rings. The first-order chi connectivity index (χ1) is 7.02. The molecule has 0 saturated carbocycles. The molecule has 3 nitrogen and oxygen atoms in total. The molecule has 80 valence electrons. The van der Waals surface area contributed by atoms with Gasteiger partial charge in [0.15, 0.2) is 0 Å². The van der Waals surface area contributed by atoms with Crippen molar-refractivity contribution in [1.82, 2.24) is 4.90 Å². The third kappa shape index (κ3) is 3.22. The van der Waals surface area contributed by atoms with Crippen molar-refractivity contribution in [3.8, 4) is 0 Å². The number of hydrogen-bond acceptors (Lipinski definition) is 1. The average Bonchev–Trinajstić information content (AvgIpc) is 2.18. The SMILES string of the molecule is CN(C)C=NC(=O)c1cccc(Cl)c1Cl. The van der Waals surface area contributed by atoms with Crippen LogP contribution < -0.4 is 0 Å². The molecule has 1 aromatic carbocycles. The second-order valence-corrected chi connectivity index (χ2v) is 3.90. The molecular formula is C10H10Cl2N2O. The summed E-state index contributed by atoms with van der Waals surface area (Å²) in [6.07, 6.45) is 1.42. The van der Waals surface area contributed by atoms with Crippen LogP contribution in [0.5, 0.6) is 0 Å². The fourth-order valence-corrected chi connectivity index (χ4v) is 1.29. The second kappa shape index (κ2) is 5.14. The Morgan fingerprint density at radius 3 is 2.67 bits per heavy atom. The summed E-state index contributed by atoms with van der Waals surface area (Å²) in [6, 6.07) is 4.87. The van der Waals surface area contributed by atoms with Crippen LogP contribution in [0.2, 0.25) is 10.0 Å². The number of halogens is 2. The number of carbonyl (C=O) groups excluding carboxylic acids is 1. The highest BCUT2D eigenvalue weighted by Crippen LogP contribution is 2.25. The predicted octanol–water partition coefficient (Wildman–Crippen LogP) is 2.72. The maximum absolute atomic E-state index is 11.6. The molecule has 1 rings (SSSR count). The molecular weight excluding hydrogens is 235 g/mol. The van der Waals surface area contributed by atoms with Gasteiger partial charge in [0.05, 0.1) is 21.9 Å². The van der Waals surface area contributed by atoms with Crippen LogP contribution in [0.3, 0.4) is 0 Å². The lowest BCUT2D eigenvalue weighted by molar-refractivity contribution is 0.100. The number of amides is 1. The topological polar surface area (TPSA) is 32.7 Å². The van der Waals surface area contributed by atoms with Crippen molar-refractivity contribution in [1.29, 1.82) is 0 Å². The van der Waals surface area contributed by atoms with E-state index >= 15 is 0 Å². The zero-order valence-electron chi connectivity index (χ0n) is 8.37. The van der Waals surface area contributed by atoms with Gasteiger partial charge in [-0.2, -0.15) is 4.99 Å². The van der Waals surface area contributed by atoms with Gasteiger partial charge in [0.2, 0.25) is 0 Å². The predicted molar refractivity (Wildman–Crippen MR) is 63.0 cm³/mol. The monoisotopic (exact) mass is 244 g/mol. The molecule has 0 spiro atoms. The van der Waals surface area contributed by atoms with Crippen LogP contribution in [-0.4, -0.2) is 31.2 Å². The Bertz CT molecular complexity index is 402. The molecule has 0 bridgehead atoms. The van der Waals surface area contributed by atoms with Gasteiger partial charge >= 0.3 is 0 Å². The van der Waals surface area contributed by atoms with E-state index in [-0.39, 0.29) is 5.02 Å². The normalized spacial score (nSPS) is 10.7. The van der Waals surface area contributed by atoms with E-state index in [0.29, 0.717) is 10.6 Å². The Labute approximate surface area is 98.3 Å². The summed E-state index contributed by atoms with van der Waals surface area (Å²) in [5, 5.41) is 0.586. The van der Waals surface area contributed by atoms with E-state index in [1.54, 1.807) is 37.2 Å². The van der Waals surface area contributed by atoms with Gasteiger partial charge in [0.25, 0.3) is 5.91 Å². The Morgan fingerprint density at radius 1 is 1.40 bits per heavy atom. The maximum Gasteiger partial charge on any atom is 0.279 e. The molecule has 0 heterocycles. The summed E-state index contributed by atoms with van der Waals surface area (Å²) in [4.78, 5) is 16.9. The molecule has 0 fully saturated rings. The van der Waals surface area contributed by atoms with Crippen LogP contribution in [0.4, 0.5) is 0 Å². The molecule has 0 aliphatic carbocycles. The summed E-state index contributed by atoms with van der Waals surface area (Å²) in [5.41, 5.74) is 0.308. The first-order valence-electron chi connectivity index (χ1n) is 4.21. The molecule has 1 amide bonds. The van der Waals surface area contributed by atoms with E-state index in [4.69, 9.17) is 23.2 Å². The third-order valence-corrected chi connectivity index (χ3v) is 2.41. The van der Waals surface area contributed by atoms with Crippen LogP contribution in [0.25, 0.3) is 0 Å². The van der Waals surface area contributed by atoms with Gasteiger partial charge in [-0.05, 0) is 12.1 Å². The summed E-state index contributed by atoms with van der Waals surface area (Å²) < 4.78 is 0. The first kappa shape index (κ1) is 12.0. The van der Waals surface area contributed by atoms with Crippen LogP contribution in [-0.2, 0) is 0 Å². The summed E-state index contributed by atoms with van der Waals surface area (Å²) in [7, 11) is 3.55. The highest BCUT2D eigenvalue weighted by Gasteiger charge is 2.10. The molecule has 0 saturated heterocycles. The lowest BCUT2D eigenvalue weighted by Crippen LogP contribution is -2.10. The molecule has 0 aliphatic rings. The molecule has 15 heavy (non-hydrogen) atoms. The van der Waals surface area contributed by atoms with E-state index in [1.807, 2.05) is 0 Å². The number of carbonyl (C=O) groups is 1. The van der Waals surface area contributed by atoms with Crippen LogP contribution >= 0.6 is 23.2 Å². The number of benzene rings is 1. The van der Waals surface area contributed by atoms with E-state index in [9.17, 15) is 4.79 Å². The van der Waals surface area contributed by atoms with Gasteiger partial charge in [-0.25, -0.2) is 0 Å². The van der Waals surface area contributed by atoms with Crippen molar-refractivity contribution >= 4 is 35.4 Å². The number of rotatable bonds is 2. The Hall–Kier alpha value is -1.06. The third-order valence-electron chi connectivity index (χ3n) is 1.59. The van der Waals surface area contributed by atoms with Gasteiger partial charge in [-0.1, -0.05) is 29.3 Å². The van der Waals surface area contributed by atoms with Gasteiger partial charge in [0.1, 0.15) is 0 Å². The van der Waals surface area contributed by atoms with Crippen LogP contribution in [0.1, 0.15) is 10.4 Å². The summed E-state index contributed by atoms with van der Waals surface area (Å²) >= 11 is 11.6. The van der Waals surface area contributed by atoms with Crippen molar-refractivity contribution in [3.05, 3.63) is 33.8 Å². The Balaban J connectivity index is 2.97. The standard InChI is InChI=1S/C10H10Cl2N2O/c1-14(2)6-13-10(15)7-4-3-5-8(11)9(7)12/h3-6H,1-2H3. The van der Waals surface area contributed by atoms with Gasteiger partial charge in [0, 0.05) is 14.1 Å². The van der Waals surface area contributed by atoms with Crippen molar-refractivity contribution in [2.75, 3.05) is 14.1 Å². The average molecular weight is 245 g/mol. The zero-order valence-corrected chi connectivity index (χ0v) is 9.88. The molecule has 0 atom stereocenters. The van der Waals surface area contributed by atoms with E-state index in [1.165, 1.54) is 6.34 Å². The van der Waals surface area contributed by atoms with Crippen molar-refractivity contribution in [3.63, 3.8) is 0 Å². The largest absolute Gasteiger partial charge is 0.369 e. The molecule has 5 heteroatoms. The van der Waals surface area contributed by atoms with Crippen molar-refractivity contribution in [2.24, 2.45) is 4.99 Å². The van der Waals surface area contributed by atoms with E-state index in [2.05, 4.69) is 4.99 Å². The molecule has 0 aromatic heterocycles. The minimum absolute atomic E-state index is 0.236. The zero-order chi connectivity index (χ0) is 11.4. The highest BCUT2D eigenvalue weighted by atomic mass is 35.5. The maximum atomic E-state index is 11.6. The van der Waals surface area contributed by atoms with Crippen LogP contribution in [0.15, 0.2) is 23.2 Å². The fourth-order valence-electron chi connectivity index (χ4n) is 0.906. The Kier molecular flexibility index (Phi) is 4.12. The minimum atomic E-state index is -0.406. The summed E-state index contributed by atoms with van der Waals surface area (Å²) in [5.74, 6) is -0.406.